The van der Waals surface area contributed by atoms with Crippen LogP contribution in [0.2, 0.25) is 0 Å². The highest BCUT2D eigenvalue weighted by Gasteiger charge is 2.38. The van der Waals surface area contributed by atoms with Gasteiger partial charge in [0.25, 0.3) is 0 Å². The van der Waals surface area contributed by atoms with Crippen LogP contribution < -0.4 is 5.32 Å². The first kappa shape index (κ1) is 10.3. The van der Waals surface area contributed by atoms with Crippen LogP contribution in [0.25, 0.3) is 0 Å². The van der Waals surface area contributed by atoms with Crippen LogP contribution in [0.1, 0.15) is 31.2 Å². The van der Waals surface area contributed by atoms with Gasteiger partial charge < -0.3 is 5.32 Å². The highest BCUT2D eigenvalue weighted by Crippen LogP contribution is 2.44. The van der Waals surface area contributed by atoms with E-state index < -0.39 is 0 Å². The fourth-order valence-corrected chi connectivity index (χ4v) is 3.54. The third-order valence-electron chi connectivity index (χ3n) is 4.40. The summed E-state index contributed by atoms with van der Waals surface area (Å²) < 4.78 is 0. The van der Waals surface area contributed by atoms with Gasteiger partial charge in [-0.2, -0.15) is 0 Å². The summed E-state index contributed by atoms with van der Waals surface area (Å²) in [6, 6.07) is 11.6. The third-order valence-corrected chi connectivity index (χ3v) is 4.40. The molecule has 0 aromatic heterocycles. The average molecular weight is 215 g/mol. The molecule has 3 rings (SSSR count). The number of benzene rings is 1. The average Bonchev–Trinajstić information content (AvgIpc) is 2.92. The van der Waals surface area contributed by atoms with Gasteiger partial charge in [-0.05, 0) is 49.6 Å². The topological polar surface area (TPSA) is 12.0 Å². The van der Waals surface area contributed by atoms with Crippen molar-refractivity contribution in [3.63, 3.8) is 0 Å². The second-order valence-electron chi connectivity index (χ2n) is 5.47. The van der Waals surface area contributed by atoms with Gasteiger partial charge >= 0.3 is 0 Å². The summed E-state index contributed by atoms with van der Waals surface area (Å²) in [5.41, 5.74) is 1.46. The number of rotatable bonds is 4. The lowest BCUT2D eigenvalue weighted by Gasteiger charge is -2.22. The van der Waals surface area contributed by atoms with Crippen molar-refractivity contribution in [3.05, 3.63) is 35.9 Å². The minimum absolute atomic E-state index is 0.836. The molecule has 86 valence electrons. The predicted molar refractivity (Wildman–Crippen MR) is 67.4 cm³/mol. The molecule has 0 radical (unpaired) electrons. The molecule has 3 unspecified atom stereocenters. The maximum absolute atomic E-state index is 3.76. The lowest BCUT2D eigenvalue weighted by molar-refractivity contribution is 0.354. The zero-order valence-corrected chi connectivity index (χ0v) is 9.86. The van der Waals surface area contributed by atoms with E-state index >= 15 is 0 Å². The van der Waals surface area contributed by atoms with Gasteiger partial charge in [-0.25, -0.2) is 0 Å². The Morgan fingerprint density at radius 3 is 2.62 bits per heavy atom. The standard InChI is InChI=1S/C15H21N/c1-2-4-12(5-3-1)8-9-16-15-11-13-6-7-14(15)10-13/h1-5,13-16H,6-11H2. The maximum atomic E-state index is 3.76. The Hall–Kier alpha value is -0.820. The summed E-state index contributed by atoms with van der Waals surface area (Å²) >= 11 is 0. The van der Waals surface area contributed by atoms with Crippen LogP contribution in [0.15, 0.2) is 30.3 Å². The molecule has 3 atom stereocenters. The lowest BCUT2D eigenvalue weighted by atomic mass is 9.95. The molecule has 2 bridgehead atoms. The van der Waals surface area contributed by atoms with Gasteiger partial charge in [0.2, 0.25) is 0 Å². The van der Waals surface area contributed by atoms with Crippen LogP contribution in [-0.2, 0) is 6.42 Å². The van der Waals surface area contributed by atoms with E-state index in [9.17, 15) is 0 Å². The van der Waals surface area contributed by atoms with Crippen molar-refractivity contribution in [1.82, 2.24) is 5.32 Å². The van der Waals surface area contributed by atoms with Gasteiger partial charge in [0.15, 0.2) is 0 Å². The zero-order valence-electron chi connectivity index (χ0n) is 9.86. The Morgan fingerprint density at radius 1 is 1.06 bits per heavy atom. The van der Waals surface area contributed by atoms with Crippen LogP contribution in [0.5, 0.6) is 0 Å². The van der Waals surface area contributed by atoms with Crippen molar-refractivity contribution >= 4 is 0 Å². The van der Waals surface area contributed by atoms with Crippen molar-refractivity contribution in [3.8, 4) is 0 Å². The summed E-state index contributed by atoms with van der Waals surface area (Å²) in [5, 5.41) is 3.76. The minimum Gasteiger partial charge on any atom is -0.313 e. The van der Waals surface area contributed by atoms with E-state index in [0.717, 1.165) is 24.4 Å². The third kappa shape index (κ3) is 2.15. The molecule has 1 heteroatoms. The van der Waals surface area contributed by atoms with Crippen LogP contribution >= 0.6 is 0 Å². The molecule has 1 aromatic rings. The Bertz CT molecular complexity index is 333. The monoisotopic (exact) mass is 215 g/mol. The van der Waals surface area contributed by atoms with Gasteiger partial charge in [-0.15, -0.1) is 0 Å². The molecule has 0 spiro atoms. The van der Waals surface area contributed by atoms with Crippen molar-refractivity contribution in [2.75, 3.05) is 6.54 Å². The van der Waals surface area contributed by atoms with Crippen LogP contribution in [-0.4, -0.2) is 12.6 Å². The molecular weight excluding hydrogens is 194 g/mol. The summed E-state index contributed by atoms with van der Waals surface area (Å²) in [7, 11) is 0. The van der Waals surface area contributed by atoms with Crippen LogP contribution in [0.3, 0.4) is 0 Å². The van der Waals surface area contributed by atoms with E-state index in [4.69, 9.17) is 0 Å². The molecular formula is C15H21N. The molecule has 2 aliphatic carbocycles. The van der Waals surface area contributed by atoms with E-state index in [1.54, 1.807) is 0 Å². The second kappa shape index (κ2) is 4.58. The maximum Gasteiger partial charge on any atom is 0.00981 e. The van der Waals surface area contributed by atoms with Crippen molar-refractivity contribution in [1.29, 1.82) is 0 Å². The van der Waals surface area contributed by atoms with E-state index in [1.165, 1.54) is 37.7 Å². The molecule has 2 fully saturated rings. The Morgan fingerprint density at radius 2 is 1.94 bits per heavy atom. The number of nitrogens with one attached hydrogen (secondary N) is 1. The Balaban J connectivity index is 1.44. The lowest BCUT2D eigenvalue weighted by Crippen LogP contribution is -2.35. The van der Waals surface area contributed by atoms with Gasteiger partial charge in [-0.3, -0.25) is 0 Å². The molecule has 2 saturated carbocycles. The molecule has 2 aliphatic rings. The second-order valence-corrected chi connectivity index (χ2v) is 5.47. The quantitative estimate of drug-likeness (QED) is 0.814. The molecule has 1 N–H and O–H groups in total. The van der Waals surface area contributed by atoms with E-state index in [-0.39, 0.29) is 0 Å². The zero-order chi connectivity index (χ0) is 10.8. The van der Waals surface area contributed by atoms with Crippen LogP contribution in [0.4, 0.5) is 0 Å². The number of hydrogen-bond donors (Lipinski definition) is 1. The fraction of sp³-hybridized carbons (Fsp3) is 0.600. The molecule has 0 heterocycles. The first-order valence-electron chi connectivity index (χ1n) is 6.69. The summed E-state index contributed by atoms with van der Waals surface area (Å²) in [6.45, 7) is 1.15. The van der Waals surface area contributed by atoms with Crippen LogP contribution in [0, 0.1) is 11.8 Å². The summed E-state index contributed by atoms with van der Waals surface area (Å²) in [6.07, 6.45) is 7.10. The highest BCUT2D eigenvalue weighted by molar-refractivity contribution is 5.14. The van der Waals surface area contributed by atoms with E-state index in [1.807, 2.05) is 0 Å². The predicted octanol–water partition coefficient (Wildman–Crippen LogP) is 3.01. The number of fused-ring (bicyclic) bond motifs is 2. The summed E-state index contributed by atoms with van der Waals surface area (Å²) in [4.78, 5) is 0. The minimum atomic E-state index is 0.836. The largest absolute Gasteiger partial charge is 0.313 e. The fourth-order valence-electron chi connectivity index (χ4n) is 3.54. The molecule has 1 nitrogen and oxygen atoms in total. The van der Waals surface area contributed by atoms with Crippen molar-refractivity contribution in [2.45, 2.75) is 38.1 Å². The van der Waals surface area contributed by atoms with Crippen molar-refractivity contribution in [2.24, 2.45) is 11.8 Å². The summed E-state index contributed by atoms with van der Waals surface area (Å²) in [5.74, 6) is 2.06. The molecule has 0 aliphatic heterocycles. The molecule has 1 aromatic carbocycles. The van der Waals surface area contributed by atoms with Gasteiger partial charge in [-0.1, -0.05) is 36.8 Å². The van der Waals surface area contributed by atoms with Gasteiger partial charge in [0.05, 0.1) is 0 Å². The molecule has 0 saturated heterocycles. The normalized spacial score (nSPS) is 32.1. The van der Waals surface area contributed by atoms with Gasteiger partial charge in [0.1, 0.15) is 0 Å². The first-order chi connectivity index (χ1) is 7.92. The first-order valence-corrected chi connectivity index (χ1v) is 6.69. The van der Waals surface area contributed by atoms with E-state index in [0.29, 0.717) is 0 Å². The Labute approximate surface area is 98.3 Å². The van der Waals surface area contributed by atoms with Crippen molar-refractivity contribution < 1.29 is 0 Å². The SMILES string of the molecule is c1ccc(CCNC2CC3CCC2C3)cc1. The molecule has 0 amide bonds. The molecule has 16 heavy (non-hydrogen) atoms. The smallest absolute Gasteiger partial charge is 0.00981 e. The highest BCUT2D eigenvalue weighted by atomic mass is 14.9. The number of hydrogen-bond acceptors (Lipinski definition) is 1. The Kier molecular flexibility index (Phi) is 2.96. The van der Waals surface area contributed by atoms with Gasteiger partial charge in [0, 0.05) is 6.04 Å². The van der Waals surface area contributed by atoms with E-state index in [2.05, 4.69) is 35.6 Å².